The van der Waals surface area contributed by atoms with Gasteiger partial charge in [0.15, 0.2) is 0 Å². The Balaban J connectivity index is 2.09. The van der Waals surface area contributed by atoms with E-state index < -0.39 is 11.8 Å². The van der Waals surface area contributed by atoms with E-state index in [4.69, 9.17) is 0 Å². The lowest BCUT2D eigenvalue weighted by atomic mass is 9.74. The maximum absolute atomic E-state index is 12.7. The molecule has 2 rings (SSSR count). The van der Waals surface area contributed by atoms with Crippen molar-refractivity contribution in [1.29, 1.82) is 5.26 Å². The van der Waals surface area contributed by atoms with Crippen LogP contribution in [0.1, 0.15) is 37.7 Å². The van der Waals surface area contributed by atoms with Crippen molar-refractivity contribution in [2.45, 2.75) is 45.0 Å². The number of alkyl halides is 3. The summed E-state index contributed by atoms with van der Waals surface area (Å²) in [5, 5.41) is 9.46. The molecule has 130 valence electrons. The molecule has 1 aliphatic rings. The van der Waals surface area contributed by atoms with Gasteiger partial charge in [-0.25, -0.2) is 0 Å². The number of carbonyl (C=O) groups is 1. The molecule has 4 nitrogen and oxygen atoms in total. The highest BCUT2D eigenvalue weighted by atomic mass is 19.4. The maximum atomic E-state index is 12.7. The van der Waals surface area contributed by atoms with E-state index in [2.05, 4.69) is 10.8 Å². The Hall–Kier alpha value is -2.23. The van der Waals surface area contributed by atoms with Gasteiger partial charge in [-0.1, -0.05) is 31.4 Å². The highest BCUT2D eigenvalue weighted by Crippen LogP contribution is 2.37. The Labute approximate surface area is 138 Å². The van der Waals surface area contributed by atoms with Crippen LogP contribution in [0.5, 0.6) is 5.75 Å². The summed E-state index contributed by atoms with van der Waals surface area (Å²) in [5.41, 5.74) is -0.496. The second kappa shape index (κ2) is 7.12. The minimum absolute atomic E-state index is 0.122. The highest BCUT2D eigenvalue weighted by Gasteiger charge is 2.41. The van der Waals surface area contributed by atoms with Crippen LogP contribution in [0, 0.1) is 16.7 Å². The van der Waals surface area contributed by atoms with E-state index in [1.165, 1.54) is 23.1 Å². The predicted octanol–water partition coefficient (Wildman–Crippen LogP) is 4.02. The molecule has 1 aromatic rings. The van der Waals surface area contributed by atoms with Crippen LogP contribution in [-0.4, -0.2) is 24.2 Å². The van der Waals surface area contributed by atoms with Gasteiger partial charge in [0.05, 0.1) is 6.07 Å². The summed E-state index contributed by atoms with van der Waals surface area (Å²) in [5.74, 6) is -0.597. The SMILES string of the molecule is CN(Cc1cccc(OC(F)(F)F)c1)C(=O)C1(C#N)CCCCC1. The van der Waals surface area contributed by atoms with E-state index in [9.17, 15) is 23.2 Å². The summed E-state index contributed by atoms with van der Waals surface area (Å²) < 4.78 is 40.7. The smallest absolute Gasteiger partial charge is 0.406 e. The van der Waals surface area contributed by atoms with Crippen molar-refractivity contribution in [3.8, 4) is 11.8 Å². The molecule has 0 atom stereocenters. The lowest BCUT2D eigenvalue weighted by molar-refractivity contribution is -0.274. The topological polar surface area (TPSA) is 53.3 Å². The van der Waals surface area contributed by atoms with E-state index in [0.717, 1.165) is 19.3 Å². The van der Waals surface area contributed by atoms with E-state index in [1.807, 2.05) is 0 Å². The fraction of sp³-hybridized carbons (Fsp3) is 0.529. The summed E-state index contributed by atoms with van der Waals surface area (Å²) in [7, 11) is 1.56. The first-order valence-electron chi connectivity index (χ1n) is 7.77. The molecule has 0 spiro atoms. The first-order valence-corrected chi connectivity index (χ1v) is 7.77. The third-order valence-electron chi connectivity index (χ3n) is 4.23. The van der Waals surface area contributed by atoms with Crippen molar-refractivity contribution in [3.05, 3.63) is 29.8 Å². The monoisotopic (exact) mass is 340 g/mol. The van der Waals surface area contributed by atoms with Gasteiger partial charge in [-0.2, -0.15) is 5.26 Å². The summed E-state index contributed by atoms with van der Waals surface area (Å²) >= 11 is 0. The summed E-state index contributed by atoms with van der Waals surface area (Å²) in [6.45, 7) is 0.122. The zero-order valence-corrected chi connectivity index (χ0v) is 13.4. The minimum Gasteiger partial charge on any atom is -0.406 e. The number of ether oxygens (including phenoxy) is 1. The van der Waals surface area contributed by atoms with Crippen LogP contribution in [0.3, 0.4) is 0 Å². The highest BCUT2D eigenvalue weighted by molar-refractivity contribution is 5.85. The number of amides is 1. The Morgan fingerprint density at radius 3 is 2.58 bits per heavy atom. The predicted molar refractivity (Wildman–Crippen MR) is 80.7 cm³/mol. The number of carbonyl (C=O) groups excluding carboxylic acids is 1. The molecule has 0 aliphatic heterocycles. The molecule has 1 aliphatic carbocycles. The number of nitrogens with zero attached hydrogens (tertiary/aromatic N) is 2. The lowest BCUT2D eigenvalue weighted by Gasteiger charge is -2.33. The fourth-order valence-electron chi connectivity index (χ4n) is 3.08. The van der Waals surface area contributed by atoms with Gasteiger partial charge >= 0.3 is 6.36 Å². The molecule has 0 heterocycles. The molecule has 0 bridgehead atoms. The van der Waals surface area contributed by atoms with Crippen LogP contribution in [0.4, 0.5) is 13.2 Å². The Bertz CT molecular complexity index is 631. The van der Waals surface area contributed by atoms with Crippen LogP contribution in [-0.2, 0) is 11.3 Å². The number of halogens is 3. The van der Waals surface area contributed by atoms with Crippen LogP contribution in [0.2, 0.25) is 0 Å². The molecule has 0 unspecified atom stereocenters. The molecular formula is C17H19F3N2O2. The molecule has 1 saturated carbocycles. The van der Waals surface area contributed by atoms with Crippen molar-refractivity contribution in [2.24, 2.45) is 5.41 Å². The minimum atomic E-state index is -4.76. The normalized spacial score (nSPS) is 17.0. The average Bonchev–Trinajstić information content (AvgIpc) is 2.53. The largest absolute Gasteiger partial charge is 0.573 e. The Morgan fingerprint density at radius 2 is 2.00 bits per heavy atom. The summed E-state index contributed by atoms with van der Waals surface area (Å²) in [6, 6.07) is 7.67. The maximum Gasteiger partial charge on any atom is 0.573 e. The molecular weight excluding hydrogens is 321 g/mol. The van der Waals surface area contributed by atoms with Gasteiger partial charge in [-0.05, 0) is 30.5 Å². The first-order chi connectivity index (χ1) is 11.3. The molecule has 1 amide bonds. The number of hydrogen-bond donors (Lipinski definition) is 0. The van der Waals surface area contributed by atoms with Crippen molar-refractivity contribution in [3.63, 3.8) is 0 Å². The molecule has 7 heteroatoms. The van der Waals surface area contributed by atoms with Crippen LogP contribution in [0.25, 0.3) is 0 Å². The van der Waals surface area contributed by atoms with Crippen LogP contribution in [0.15, 0.2) is 24.3 Å². The molecule has 0 aromatic heterocycles. The number of hydrogen-bond acceptors (Lipinski definition) is 3. The van der Waals surface area contributed by atoms with E-state index in [0.29, 0.717) is 18.4 Å². The molecule has 24 heavy (non-hydrogen) atoms. The van der Waals surface area contributed by atoms with Crippen molar-refractivity contribution in [1.82, 2.24) is 4.90 Å². The Kier molecular flexibility index (Phi) is 5.37. The quantitative estimate of drug-likeness (QED) is 0.832. The number of benzene rings is 1. The van der Waals surface area contributed by atoms with Crippen molar-refractivity contribution in [2.75, 3.05) is 7.05 Å². The second-order valence-electron chi connectivity index (χ2n) is 6.11. The standard InChI is InChI=1S/C17H19F3N2O2/c1-22(15(23)16(12-21)8-3-2-4-9-16)11-13-6-5-7-14(10-13)24-17(18,19)20/h5-7,10H,2-4,8-9,11H2,1H3. The van der Waals surface area contributed by atoms with E-state index >= 15 is 0 Å². The number of rotatable bonds is 4. The average molecular weight is 340 g/mol. The van der Waals surface area contributed by atoms with Crippen LogP contribution < -0.4 is 4.74 Å². The zero-order chi connectivity index (χ0) is 17.8. The molecule has 1 fully saturated rings. The van der Waals surface area contributed by atoms with Gasteiger partial charge in [0.2, 0.25) is 5.91 Å². The zero-order valence-electron chi connectivity index (χ0n) is 13.4. The Morgan fingerprint density at radius 1 is 1.33 bits per heavy atom. The van der Waals surface area contributed by atoms with Gasteiger partial charge in [-0.3, -0.25) is 4.79 Å². The third-order valence-corrected chi connectivity index (χ3v) is 4.23. The fourth-order valence-corrected chi connectivity index (χ4v) is 3.08. The van der Waals surface area contributed by atoms with Gasteiger partial charge < -0.3 is 9.64 Å². The van der Waals surface area contributed by atoms with Gasteiger partial charge in [0, 0.05) is 13.6 Å². The summed E-state index contributed by atoms with van der Waals surface area (Å²) in [4.78, 5) is 14.1. The van der Waals surface area contributed by atoms with Gasteiger partial charge in [-0.15, -0.1) is 13.2 Å². The molecule has 1 aromatic carbocycles. The van der Waals surface area contributed by atoms with Crippen molar-refractivity contribution >= 4 is 5.91 Å². The van der Waals surface area contributed by atoms with Crippen LogP contribution >= 0.6 is 0 Å². The van der Waals surface area contributed by atoms with Gasteiger partial charge in [0.25, 0.3) is 0 Å². The molecule has 0 radical (unpaired) electrons. The number of nitriles is 1. The first kappa shape index (κ1) is 18.1. The third kappa shape index (κ3) is 4.40. The lowest BCUT2D eigenvalue weighted by Crippen LogP contribution is -2.42. The van der Waals surface area contributed by atoms with Gasteiger partial charge in [0.1, 0.15) is 11.2 Å². The van der Waals surface area contributed by atoms with E-state index in [-0.39, 0.29) is 18.2 Å². The van der Waals surface area contributed by atoms with E-state index in [1.54, 1.807) is 13.1 Å². The summed E-state index contributed by atoms with van der Waals surface area (Å²) in [6.07, 6.45) is -1.01. The molecule has 0 N–H and O–H groups in total. The second-order valence-corrected chi connectivity index (χ2v) is 6.11. The van der Waals surface area contributed by atoms with Crippen molar-refractivity contribution < 1.29 is 22.7 Å². The molecule has 0 saturated heterocycles.